The maximum atomic E-state index is 13.5. The summed E-state index contributed by atoms with van der Waals surface area (Å²) in [4.78, 5) is 15.1. The van der Waals surface area contributed by atoms with Gasteiger partial charge in [0.2, 0.25) is 5.82 Å². The quantitative estimate of drug-likeness (QED) is 0.403. The molecule has 0 fully saturated rings. The van der Waals surface area contributed by atoms with Crippen molar-refractivity contribution >= 4 is 5.97 Å². The Labute approximate surface area is 191 Å². The van der Waals surface area contributed by atoms with Gasteiger partial charge >= 0.3 is 6.18 Å². The van der Waals surface area contributed by atoms with Gasteiger partial charge in [-0.15, -0.1) is 0 Å². The maximum absolute atomic E-state index is 13.5. The highest BCUT2D eigenvalue weighted by Crippen LogP contribution is 2.39. The number of hydrogen-bond acceptors (Lipinski definition) is 7. The van der Waals surface area contributed by atoms with Gasteiger partial charge in [-0.2, -0.15) is 23.3 Å². The molecule has 0 spiro atoms. The van der Waals surface area contributed by atoms with Crippen LogP contribution in [-0.4, -0.2) is 32.0 Å². The minimum absolute atomic E-state index is 0.0629. The molecule has 0 radical (unpaired) electrons. The lowest BCUT2D eigenvalue weighted by atomic mass is 10.1. The van der Waals surface area contributed by atoms with E-state index >= 15 is 0 Å². The van der Waals surface area contributed by atoms with E-state index in [-0.39, 0.29) is 28.7 Å². The first kappa shape index (κ1) is 23.0. The summed E-state index contributed by atoms with van der Waals surface area (Å²) >= 11 is 0. The SMILES string of the molecule is CC(C)Oc1ccc(-c2nc(-c3ccc(Cn4ccc(C(=O)[O-])n4)cc3)no2)cc1C(F)(F)F. The van der Waals surface area contributed by atoms with Gasteiger partial charge in [-0.3, -0.25) is 4.68 Å². The number of benzene rings is 2. The fourth-order valence-corrected chi connectivity index (χ4v) is 3.20. The molecule has 2 heterocycles. The number of carbonyl (C=O) groups is 1. The molecule has 8 nitrogen and oxygen atoms in total. The molecular weight excluding hydrogens is 453 g/mol. The van der Waals surface area contributed by atoms with Crippen molar-refractivity contribution in [2.24, 2.45) is 0 Å². The largest absolute Gasteiger partial charge is 0.543 e. The molecule has 0 amide bonds. The van der Waals surface area contributed by atoms with Crippen molar-refractivity contribution < 1.29 is 32.3 Å². The van der Waals surface area contributed by atoms with Crippen molar-refractivity contribution in [2.75, 3.05) is 0 Å². The highest BCUT2D eigenvalue weighted by Gasteiger charge is 2.35. The molecule has 4 rings (SSSR count). The number of aromatic nitrogens is 4. The first-order chi connectivity index (χ1) is 16.1. The number of hydrogen-bond donors (Lipinski definition) is 0. The summed E-state index contributed by atoms with van der Waals surface area (Å²) < 4.78 is 52.5. The van der Waals surface area contributed by atoms with Crippen LogP contribution in [0.15, 0.2) is 59.3 Å². The predicted octanol–water partition coefficient (Wildman–Crippen LogP) is 3.82. The van der Waals surface area contributed by atoms with Gasteiger partial charge in [0.25, 0.3) is 5.89 Å². The van der Waals surface area contributed by atoms with E-state index in [1.807, 2.05) is 0 Å². The van der Waals surface area contributed by atoms with Gasteiger partial charge in [-0.05, 0) is 43.7 Å². The molecule has 0 saturated carbocycles. The second-order valence-electron chi connectivity index (χ2n) is 7.68. The van der Waals surface area contributed by atoms with Crippen molar-refractivity contribution in [1.29, 1.82) is 0 Å². The lowest BCUT2D eigenvalue weighted by Crippen LogP contribution is -2.23. The lowest BCUT2D eigenvalue weighted by molar-refractivity contribution is -0.255. The van der Waals surface area contributed by atoms with E-state index in [9.17, 15) is 23.1 Å². The molecule has 0 aliphatic rings. The number of halogens is 3. The molecule has 0 unspecified atom stereocenters. The molecule has 0 aliphatic carbocycles. The molecule has 0 atom stereocenters. The highest BCUT2D eigenvalue weighted by molar-refractivity contribution is 5.83. The first-order valence-corrected chi connectivity index (χ1v) is 10.2. The average Bonchev–Trinajstić information content (AvgIpc) is 3.44. The fourth-order valence-electron chi connectivity index (χ4n) is 3.20. The second kappa shape index (κ2) is 9.00. The smallest absolute Gasteiger partial charge is 0.419 e. The molecule has 0 aliphatic heterocycles. The molecule has 4 aromatic rings. The topological polar surface area (TPSA) is 106 Å². The molecular formula is C23H18F3N4O4-. The monoisotopic (exact) mass is 471 g/mol. The van der Waals surface area contributed by atoms with Crippen LogP contribution in [0.1, 0.15) is 35.5 Å². The van der Waals surface area contributed by atoms with E-state index in [0.717, 1.165) is 11.6 Å². The number of carboxylic acid groups (broad SMARTS) is 1. The van der Waals surface area contributed by atoms with E-state index in [1.165, 1.54) is 29.1 Å². The zero-order valence-electron chi connectivity index (χ0n) is 18.0. The van der Waals surface area contributed by atoms with Crippen LogP contribution >= 0.6 is 0 Å². The molecule has 2 aromatic heterocycles. The summed E-state index contributed by atoms with van der Waals surface area (Å²) in [5.74, 6) is -1.49. The van der Waals surface area contributed by atoms with Gasteiger partial charge in [-0.25, -0.2) is 0 Å². The molecule has 0 bridgehead atoms. The van der Waals surface area contributed by atoms with Gasteiger partial charge < -0.3 is 19.2 Å². The third kappa shape index (κ3) is 5.08. The van der Waals surface area contributed by atoms with Crippen molar-refractivity contribution in [3.63, 3.8) is 0 Å². The van der Waals surface area contributed by atoms with E-state index < -0.39 is 23.8 Å². The predicted molar refractivity (Wildman–Crippen MR) is 112 cm³/mol. The maximum Gasteiger partial charge on any atom is 0.419 e. The minimum Gasteiger partial charge on any atom is -0.543 e. The van der Waals surface area contributed by atoms with Crippen molar-refractivity contribution in [2.45, 2.75) is 32.7 Å². The van der Waals surface area contributed by atoms with Crippen LogP contribution in [0.5, 0.6) is 5.75 Å². The Hall–Kier alpha value is -4.15. The minimum atomic E-state index is -4.62. The van der Waals surface area contributed by atoms with Crippen LogP contribution in [0.4, 0.5) is 13.2 Å². The number of carboxylic acids is 1. The van der Waals surface area contributed by atoms with Gasteiger partial charge in [0.1, 0.15) is 11.4 Å². The van der Waals surface area contributed by atoms with Gasteiger partial charge in [-0.1, -0.05) is 29.4 Å². The molecule has 0 saturated heterocycles. The van der Waals surface area contributed by atoms with Crippen LogP contribution in [0.3, 0.4) is 0 Å². The zero-order chi connectivity index (χ0) is 24.5. The number of alkyl halides is 3. The van der Waals surface area contributed by atoms with E-state index in [1.54, 1.807) is 38.1 Å². The van der Waals surface area contributed by atoms with Crippen molar-refractivity contribution in [3.8, 4) is 28.6 Å². The van der Waals surface area contributed by atoms with Gasteiger partial charge in [0, 0.05) is 17.3 Å². The highest BCUT2D eigenvalue weighted by atomic mass is 19.4. The standard InChI is InChI=1S/C23H19F3N4O4/c1-13(2)33-19-8-7-16(11-17(19)23(24,25)26)21-27-20(29-34-21)15-5-3-14(4-6-15)12-30-10-9-18(28-30)22(31)32/h3-11,13H,12H2,1-2H3,(H,31,32)/p-1. The Morgan fingerprint density at radius 1 is 1.12 bits per heavy atom. The molecule has 11 heteroatoms. The number of nitrogens with zero attached hydrogens (tertiary/aromatic N) is 4. The van der Waals surface area contributed by atoms with Gasteiger partial charge in [0.05, 0.1) is 24.2 Å². The van der Waals surface area contributed by atoms with Crippen LogP contribution in [0.25, 0.3) is 22.8 Å². The van der Waals surface area contributed by atoms with Crippen LogP contribution < -0.4 is 9.84 Å². The number of ether oxygens (including phenoxy) is 1. The van der Waals surface area contributed by atoms with E-state index in [0.29, 0.717) is 12.1 Å². The Morgan fingerprint density at radius 3 is 2.44 bits per heavy atom. The van der Waals surface area contributed by atoms with Crippen molar-refractivity contribution in [1.82, 2.24) is 19.9 Å². The summed E-state index contributed by atoms with van der Waals surface area (Å²) in [5, 5.41) is 18.6. The number of rotatable bonds is 7. The third-order valence-corrected chi connectivity index (χ3v) is 4.73. The molecule has 2 aromatic carbocycles. The lowest BCUT2D eigenvalue weighted by Gasteiger charge is -2.16. The van der Waals surface area contributed by atoms with Crippen LogP contribution in [0.2, 0.25) is 0 Å². The number of aromatic carboxylic acids is 1. The summed E-state index contributed by atoms with van der Waals surface area (Å²) in [5.41, 5.74) is 0.444. The van der Waals surface area contributed by atoms with Crippen LogP contribution in [0, 0.1) is 0 Å². The van der Waals surface area contributed by atoms with E-state index in [2.05, 4.69) is 15.2 Å². The summed E-state index contributed by atoms with van der Waals surface area (Å²) in [6, 6.07) is 11.9. The third-order valence-electron chi connectivity index (χ3n) is 4.73. The average molecular weight is 471 g/mol. The van der Waals surface area contributed by atoms with Crippen molar-refractivity contribution in [3.05, 3.63) is 71.5 Å². The molecule has 176 valence electrons. The van der Waals surface area contributed by atoms with Gasteiger partial charge in [0.15, 0.2) is 0 Å². The number of carbonyl (C=O) groups excluding carboxylic acids is 1. The molecule has 0 N–H and O–H groups in total. The summed E-state index contributed by atoms with van der Waals surface area (Å²) in [7, 11) is 0. The second-order valence-corrected chi connectivity index (χ2v) is 7.68. The Morgan fingerprint density at radius 2 is 1.82 bits per heavy atom. The summed E-state index contributed by atoms with van der Waals surface area (Å²) in [6.07, 6.45) is -3.51. The normalized spacial score (nSPS) is 11.7. The zero-order valence-corrected chi connectivity index (χ0v) is 18.0. The Balaban J connectivity index is 1.54. The summed E-state index contributed by atoms with van der Waals surface area (Å²) in [6.45, 7) is 3.61. The fraction of sp³-hybridized carbons (Fsp3) is 0.217. The molecule has 34 heavy (non-hydrogen) atoms. The van der Waals surface area contributed by atoms with E-state index in [4.69, 9.17) is 9.26 Å². The Kier molecular flexibility index (Phi) is 6.10. The Bertz CT molecular complexity index is 1310. The first-order valence-electron chi connectivity index (χ1n) is 10.2. The van der Waals surface area contributed by atoms with Crippen LogP contribution in [-0.2, 0) is 12.7 Å².